The Labute approximate surface area is 111 Å². The minimum Gasteiger partial charge on any atom is -0.368 e. The fourth-order valence-electron chi connectivity index (χ4n) is 1.68. The molecule has 18 heavy (non-hydrogen) atoms. The van der Waals surface area contributed by atoms with Gasteiger partial charge in [0.05, 0.1) is 17.0 Å². The van der Waals surface area contributed by atoms with E-state index in [1.807, 2.05) is 39.0 Å². The summed E-state index contributed by atoms with van der Waals surface area (Å²) in [6.45, 7) is 5.50. The van der Waals surface area contributed by atoms with Gasteiger partial charge in [-0.3, -0.25) is 4.79 Å². The third kappa shape index (κ3) is 2.59. The topological polar surface area (TPSA) is 64.9 Å². The Bertz CT molecular complexity index is 534. The molecule has 0 aliphatic carbocycles. The van der Waals surface area contributed by atoms with Crippen molar-refractivity contribution in [3.05, 3.63) is 18.2 Å². The molecule has 1 atom stereocenters. The molecular formula is C13H15N3OS. The van der Waals surface area contributed by atoms with E-state index in [2.05, 4.69) is 16.7 Å². The van der Waals surface area contributed by atoms with Crippen molar-refractivity contribution in [2.75, 3.05) is 10.6 Å². The van der Waals surface area contributed by atoms with Gasteiger partial charge in [-0.25, -0.2) is 0 Å². The van der Waals surface area contributed by atoms with Crippen molar-refractivity contribution in [2.24, 2.45) is 0 Å². The van der Waals surface area contributed by atoms with Gasteiger partial charge < -0.3 is 10.6 Å². The average Bonchev–Trinajstić information content (AvgIpc) is 2.31. The van der Waals surface area contributed by atoms with Gasteiger partial charge in [0.25, 0.3) is 0 Å². The van der Waals surface area contributed by atoms with E-state index < -0.39 is 5.54 Å². The van der Waals surface area contributed by atoms with Gasteiger partial charge in [-0.1, -0.05) is 0 Å². The van der Waals surface area contributed by atoms with Crippen molar-refractivity contribution < 1.29 is 4.79 Å². The number of fused-ring (bicyclic) bond motifs is 1. The summed E-state index contributed by atoms with van der Waals surface area (Å²) in [4.78, 5) is 12.7. The second-order valence-corrected chi connectivity index (χ2v) is 6.20. The second-order valence-electron chi connectivity index (χ2n) is 4.82. The number of amides is 1. The molecule has 1 aliphatic rings. The Morgan fingerprint density at radius 3 is 2.89 bits per heavy atom. The number of hydrogen-bond acceptors (Lipinski definition) is 4. The highest BCUT2D eigenvalue weighted by atomic mass is 32.2. The van der Waals surface area contributed by atoms with Crippen molar-refractivity contribution in [3.63, 3.8) is 0 Å². The number of carbonyl (C=O) groups excluding carboxylic acids is 1. The smallest absolute Gasteiger partial charge is 0.237 e. The van der Waals surface area contributed by atoms with Gasteiger partial charge in [0, 0.05) is 10.6 Å². The van der Waals surface area contributed by atoms with E-state index >= 15 is 0 Å². The lowest BCUT2D eigenvalue weighted by molar-refractivity contribution is -0.115. The van der Waals surface area contributed by atoms with Gasteiger partial charge in [0.1, 0.15) is 5.54 Å². The molecule has 1 aromatic rings. The third-order valence-corrected chi connectivity index (χ3v) is 3.82. The van der Waals surface area contributed by atoms with Crippen molar-refractivity contribution in [1.82, 2.24) is 0 Å². The molecule has 1 amide bonds. The average molecular weight is 261 g/mol. The Kier molecular flexibility index (Phi) is 3.22. The molecule has 2 N–H and O–H groups in total. The summed E-state index contributed by atoms with van der Waals surface area (Å²) >= 11 is 1.55. The Hall–Kier alpha value is -1.67. The summed E-state index contributed by atoms with van der Waals surface area (Å²) in [5.74, 6) is 0.0178. The van der Waals surface area contributed by atoms with Gasteiger partial charge >= 0.3 is 0 Å². The summed E-state index contributed by atoms with van der Waals surface area (Å²) in [6.07, 6.45) is 0. The first kappa shape index (κ1) is 12.8. The van der Waals surface area contributed by atoms with Gasteiger partial charge in [-0.05, 0) is 39.0 Å². The van der Waals surface area contributed by atoms with Crippen molar-refractivity contribution in [1.29, 1.82) is 5.26 Å². The molecule has 0 radical (unpaired) electrons. The largest absolute Gasteiger partial charge is 0.368 e. The predicted octanol–water partition coefficient (Wildman–Crippen LogP) is 2.83. The second kappa shape index (κ2) is 4.54. The zero-order valence-corrected chi connectivity index (χ0v) is 11.4. The fourth-order valence-corrected chi connectivity index (χ4v) is 2.61. The van der Waals surface area contributed by atoms with Crippen LogP contribution in [0.5, 0.6) is 0 Å². The molecule has 1 unspecified atom stereocenters. The summed E-state index contributed by atoms with van der Waals surface area (Å²) in [6, 6.07) is 7.94. The van der Waals surface area contributed by atoms with Crippen LogP contribution < -0.4 is 10.6 Å². The molecule has 0 saturated carbocycles. The number of anilines is 2. The molecule has 0 spiro atoms. The number of rotatable bonds is 2. The quantitative estimate of drug-likeness (QED) is 0.859. The molecule has 5 heteroatoms. The van der Waals surface area contributed by atoms with E-state index in [0.29, 0.717) is 0 Å². The zero-order valence-electron chi connectivity index (χ0n) is 10.6. The molecule has 94 valence electrons. The predicted molar refractivity (Wildman–Crippen MR) is 73.7 cm³/mol. The highest BCUT2D eigenvalue weighted by Crippen LogP contribution is 2.37. The zero-order chi connectivity index (χ0) is 13.3. The van der Waals surface area contributed by atoms with Crippen LogP contribution in [0.25, 0.3) is 0 Å². The summed E-state index contributed by atoms with van der Waals surface area (Å²) in [5, 5.41) is 14.9. The van der Waals surface area contributed by atoms with E-state index in [1.165, 1.54) is 0 Å². The maximum absolute atomic E-state index is 11.6. The molecule has 1 aromatic carbocycles. The minimum absolute atomic E-state index is 0.0178. The Balaban J connectivity index is 2.26. The van der Waals surface area contributed by atoms with E-state index in [9.17, 15) is 4.79 Å². The lowest BCUT2D eigenvalue weighted by Gasteiger charge is -2.24. The van der Waals surface area contributed by atoms with Crippen molar-refractivity contribution in [2.45, 2.75) is 36.5 Å². The molecule has 2 rings (SSSR count). The van der Waals surface area contributed by atoms with Gasteiger partial charge in [0.2, 0.25) is 5.91 Å². The SMILES string of the molecule is CC1Sc2ccc(NC(C)(C)C#N)cc2NC1=O. The number of nitrogens with zero attached hydrogens (tertiary/aromatic N) is 1. The van der Waals surface area contributed by atoms with Crippen molar-refractivity contribution >= 4 is 29.0 Å². The first-order valence-electron chi connectivity index (χ1n) is 5.72. The highest BCUT2D eigenvalue weighted by Gasteiger charge is 2.24. The lowest BCUT2D eigenvalue weighted by atomic mass is 10.1. The van der Waals surface area contributed by atoms with Crippen LogP contribution in [-0.4, -0.2) is 16.7 Å². The number of benzene rings is 1. The molecular weight excluding hydrogens is 246 g/mol. The van der Waals surface area contributed by atoms with Crippen LogP contribution in [0, 0.1) is 11.3 Å². The highest BCUT2D eigenvalue weighted by molar-refractivity contribution is 8.00. The molecule has 0 aromatic heterocycles. The van der Waals surface area contributed by atoms with E-state index in [0.717, 1.165) is 16.3 Å². The van der Waals surface area contributed by atoms with Crippen molar-refractivity contribution in [3.8, 4) is 6.07 Å². The maximum Gasteiger partial charge on any atom is 0.237 e. The standard InChI is InChI=1S/C13H15N3OS/c1-8-12(17)15-10-6-9(4-5-11(10)18-8)16-13(2,3)7-14/h4-6,8,16H,1-3H3,(H,15,17). The van der Waals surface area contributed by atoms with E-state index in [4.69, 9.17) is 5.26 Å². The van der Waals surface area contributed by atoms with Crippen LogP contribution in [0.1, 0.15) is 20.8 Å². The molecule has 0 bridgehead atoms. The van der Waals surface area contributed by atoms with Crippen LogP contribution in [0.15, 0.2) is 23.1 Å². The number of hydrogen-bond donors (Lipinski definition) is 2. The van der Waals surface area contributed by atoms with Gasteiger partial charge in [0.15, 0.2) is 0 Å². The minimum atomic E-state index is -0.632. The maximum atomic E-state index is 11.6. The number of nitrogens with one attached hydrogen (secondary N) is 2. The Morgan fingerprint density at radius 1 is 1.50 bits per heavy atom. The normalized spacial score (nSPS) is 18.6. The molecule has 1 heterocycles. The van der Waals surface area contributed by atoms with Crippen LogP contribution in [0.4, 0.5) is 11.4 Å². The molecule has 4 nitrogen and oxygen atoms in total. The van der Waals surface area contributed by atoms with E-state index in [1.54, 1.807) is 11.8 Å². The summed E-state index contributed by atoms with van der Waals surface area (Å²) < 4.78 is 0. The van der Waals surface area contributed by atoms with Crippen LogP contribution in [0.2, 0.25) is 0 Å². The number of nitriles is 1. The monoisotopic (exact) mass is 261 g/mol. The van der Waals surface area contributed by atoms with E-state index in [-0.39, 0.29) is 11.2 Å². The number of carbonyl (C=O) groups is 1. The Morgan fingerprint density at radius 2 is 2.22 bits per heavy atom. The lowest BCUT2D eigenvalue weighted by Crippen LogP contribution is -2.29. The first-order chi connectivity index (χ1) is 8.41. The van der Waals surface area contributed by atoms with Crippen LogP contribution >= 0.6 is 11.8 Å². The molecule has 0 fully saturated rings. The van der Waals surface area contributed by atoms with Crippen LogP contribution in [0.3, 0.4) is 0 Å². The fraction of sp³-hybridized carbons (Fsp3) is 0.385. The van der Waals surface area contributed by atoms with Crippen LogP contribution in [-0.2, 0) is 4.79 Å². The molecule has 1 aliphatic heterocycles. The van der Waals surface area contributed by atoms with Gasteiger partial charge in [-0.2, -0.15) is 5.26 Å². The summed E-state index contributed by atoms with van der Waals surface area (Å²) in [5.41, 5.74) is 1.01. The first-order valence-corrected chi connectivity index (χ1v) is 6.60. The summed E-state index contributed by atoms with van der Waals surface area (Å²) in [7, 11) is 0. The molecule has 0 saturated heterocycles. The van der Waals surface area contributed by atoms with Gasteiger partial charge in [-0.15, -0.1) is 11.8 Å². The third-order valence-electron chi connectivity index (χ3n) is 2.65. The number of thioether (sulfide) groups is 1.